The zero-order valence-electron chi connectivity index (χ0n) is 13.8. The molecule has 1 aliphatic heterocycles. The third-order valence-corrected chi connectivity index (χ3v) is 4.77. The van der Waals surface area contributed by atoms with Crippen LogP contribution in [0.3, 0.4) is 0 Å². The number of urea groups is 1. The van der Waals surface area contributed by atoms with Crippen LogP contribution in [0.2, 0.25) is 0 Å². The molecule has 1 aromatic heterocycles. The Morgan fingerprint density at radius 1 is 1.33 bits per heavy atom. The number of nitrogens with zero attached hydrogens (tertiary/aromatic N) is 3. The summed E-state index contributed by atoms with van der Waals surface area (Å²) in [6.07, 6.45) is -4.08. The van der Waals surface area contributed by atoms with Gasteiger partial charge in [0.15, 0.2) is 4.80 Å². The maximum atomic E-state index is 13.3. The van der Waals surface area contributed by atoms with E-state index in [1.165, 1.54) is 27.8 Å². The van der Waals surface area contributed by atoms with Crippen LogP contribution in [0.25, 0.3) is 5.69 Å². The van der Waals surface area contributed by atoms with Crippen molar-refractivity contribution in [1.82, 2.24) is 9.47 Å². The van der Waals surface area contributed by atoms with Gasteiger partial charge >= 0.3 is 12.4 Å². The topological polar surface area (TPSA) is 67.1 Å². The molecule has 1 saturated heterocycles. The summed E-state index contributed by atoms with van der Waals surface area (Å²) in [4.78, 5) is 18.2. The number of ether oxygens (including phenoxy) is 1. The molecule has 1 aromatic carbocycles. The number of halogens is 4. The van der Waals surface area contributed by atoms with E-state index in [0.717, 1.165) is 23.5 Å². The Balaban J connectivity index is 1.90. The van der Waals surface area contributed by atoms with Crippen LogP contribution >= 0.6 is 11.3 Å². The SMILES string of the molecule is O=C(/N=c1\sc(CO)cn1-c1ccc(OC(F)(F)F)cc1)N1CC[C@@H](F)C1. The van der Waals surface area contributed by atoms with E-state index < -0.39 is 18.6 Å². The van der Waals surface area contributed by atoms with E-state index in [9.17, 15) is 27.5 Å². The second-order valence-corrected chi connectivity index (χ2v) is 6.87. The van der Waals surface area contributed by atoms with Crippen molar-refractivity contribution in [1.29, 1.82) is 0 Å². The molecule has 2 aromatic rings. The largest absolute Gasteiger partial charge is 0.573 e. The molecule has 0 saturated carbocycles. The Hall–Kier alpha value is -2.40. The van der Waals surface area contributed by atoms with Crippen molar-refractivity contribution in [2.75, 3.05) is 13.1 Å². The number of aliphatic hydroxyl groups is 1. The van der Waals surface area contributed by atoms with Crippen LogP contribution in [0, 0.1) is 0 Å². The number of likely N-dealkylation sites (tertiary alicyclic amines) is 1. The van der Waals surface area contributed by atoms with Crippen molar-refractivity contribution in [2.24, 2.45) is 4.99 Å². The quantitative estimate of drug-likeness (QED) is 0.799. The summed E-state index contributed by atoms with van der Waals surface area (Å²) in [6.45, 7) is -0.0465. The molecule has 6 nitrogen and oxygen atoms in total. The predicted molar refractivity (Wildman–Crippen MR) is 88.3 cm³/mol. The van der Waals surface area contributed by atoms with Crippen LogP contribution in [0.5, 0.6) is 5.75 Å². The summed E-state index contributed by atoms with van der Waals surface area (Å²) in [5.41, 5.74) is 0.428. The van der Waals surface area contributed by atoms with Crippen molar-refractivity contribution in [3.05, 3.63) is 40.1 Å². The highest BCUT2D eigenvalue weighted by Crippen LogP contribution is 2.24. The lowest BCUT2D eigenvalue weighted by molar-refractivity contribution is -0.274. The van der Waals surface area contributed by atoms with E-state index in [1.807, 2.05) is 0 Å². The minimum atomic E-state index is -4.79. The number of amides is 2. The normalized spacial score (nSPS) is 18.2. The smallest absolute Gasteiger partial charge is 0.406 e. The maximum Gasteiger partial charge on any atom is 0.573 e. The van der Waals surface area contributed by atoms with Crippen molar-refractivity contribution in [3.8, 4) is 11.4 Å². The van der Waals surface area contributed by atoms with Gasteiger partial charge < -0.3 is 14.7 Å². The zero-order chi connectivity index (χ0) is 19.6. The van der Waals surface area contributed by atoms with Crippen molar-refractivity contribution in [3.63, 3.8) is 0 Å². The van der Waals surface area contributed by atoms with Gasteiger partial charge in [-0.2, -0.15) is 4.99 Å². The molecule has 1 atom stereocenters. The fourth-order valence-electron chi connectivity index (χ4n) is 2.58. The van der Waals surface area contributed by atoms with Gasteiger partial charge in [0.2, 0.25) is 0 Å². The number of carbonyl (C=O) groups is 1. The van der Waals surface area contributed by atoms with Crippen LogP contribution in [-0.4, -0.2) is 46.2 Å². The monoisotopic (exact) mass is 405 g/mol. The Bertz CT molecular complexity index is 876. The maximum absolute atomic E-state index is 13.3. The number of aromatic nitrogens is 1. The van der Waals surface area contributed by atoms with E-state index in [1.54, 1.807) is 0 Å². The Morgan fingerprint density at radius 3 is 2.59 bits per heavy atom. The highest BCUT2D eigenvalue weighted by atomic mass is 32.1. The van der Waals surface area contributed by atoms with Gasteiger partial charge in [0.1, 0.15) is 11.9 Å². The van der Waals surface area contributed by atoms with E-state index in [4.69, 9.17) is 0 Å². The summed E-state index contributed by atoms with van der Waals surface area (Å²) in [5, 5.41) is 9.34. The molecule has 1 N–H and O–H groups in total. The average molecular weight is 405 g/mol. The van der Waals surface area contributed by atoms with Crippen LogP contribution in [0.4, 0.5) is 22.4 Å². The Kier molecular flexibility index (Phi) is 5.51. The highest BCUT2D eigenvalue weighted by molar-refractivity contribution is 7.09. The van der Waals surface area contributed by atoms with Gasteiger partial charge in [-0.15, -0.1) is 13.2 Å². The molecule has 3 rings (SSSR count). The Morgan fingerprint density at radius 2 is 2.04 bits per heavy atom. The Labute approximate surface area is 154 Å². The molecule has 2 amide bonds. The summed E-state index contributed by atoms with van der Waals surface area (Å²) < 4.78 is 55.3. The number of aliphatic hydroxyl groups excluding tert-OH is 1. The molecule has 0 spiro atoms. The van der Waals surface area contributed by atoms with Crippen LogP contribution in [0.1, 0.15) is 11.3 Å². The molecular formula is C16H15F4N3O3S. The number of alkyl halides is 4. The summed E-state index contributed by atoms with van der Waals surface area (Å²) in [7, 11) is 0. The number of benzene rings is 1. The average Bonchev–Trinajstić information content (AvgIpc) is 3.20. The van der Waals surface area contributed by atoms with Gasteiger partial charge in [-0.3, -0.25) is 4.57 Å². The first-order valence-corrected chi connectivity index (χ1v) is 8.73. The lowest BCUT2D eigenvalue weighted by Crippen LogP contribution is -2.28. The molecule has 0 radical (unpaired) electrons. The molecule has 1 aliphatic rings. The van der Waals surface area contributed by atoms with Crippen LogP contribution in [0.15, 0.2) is 35.5 Å². The minimum Gasteiger partial charge on any atom is -0.406 e. The first kappa shape index (κ1) is 19.4. The van der Waals surface area contributed by atoms with Crippen LogP contribution in [-0.2, 0) is 6.61 Å². The fraction of sp³-hybridized carbons (Fsp3) is 0.375. The second-order valence-electron chi connectivity index (χ2n) is 5.78. The van der Waals surface area contributed by atoms with Crippen molar-refractivity contribution >= 4 is 17.4 Å². The number of hydrogen-bond donors (Lipinski definition) is 1. The van der Waals surface area contributed by atoms with Gasteiger partial charge in [0.25, 0.3) is 0 Å². The highest BCUT2D eigenvalue weighted by Gasteiger charge is 2.31. The van der Waals surface area contributed by atoms with Crippen molar-refractivity contribution < 1.29 is 32.2 Å². The van der Waals surface area contributed by atoms with Gasteiger partial charge in [0.05, 0.1) is 18.0 Å². The van der Waals surface area contributed by atoms with E-state index in [0.29, 0.717) is 10.6 Å². The second kappa shape index (κ2) is 7.69. The molecular weight excluding hydrogens is 390 g/mol. The molecule has 1 fully saturated rings. The van der Waals surface area contributed by atoms with E-state index in [-0.39, 0.29) is 36.7 Å². The number of hydrogen-bond acceptors (Lipinski definition) is 4. The first-order valence-electron chi connectivity index (χ1n) is 7.91. The van der Waals surface area contributed by atoms with Crippen LogP contribution < -0.4 is 9.54 Å². The number of thiazole rings is 1. The summed E-state index contributed by atoms with van der Waals surface area (Å²) in [5.74, 6) is -0.384. The van der Waals surface area contributed by atoms with Gasteiger partial charge in [-0.25, -0.2) is 9.18 Å². The third kappa shape index (κ3) is 4.86. The molecule has 0 aliphatic carbocycles. The third-order valence-electron chi connectivity index (χ3n) is 3.80. The summed E-state index contributed by atoms with van der Waals surface area (Å²) in [6, 6.07) is 4.39. The molecule has 2 heterocycles. The van der Waals surface area contributed by atoms with Gasteiger partial charge in [-0.05, 0) is 30.7 Å². The molecule has 27 heavy (non-hydrogen) atoms. The lowest BCUT2D eigenvalue weighted by atomic mass is 10.3. The van der Waals surface area contributed by atoms with E-state index >= 15 is 0 Å². The predicted octanol–water partition coefficient (Wildman–Crippen LogP) is 2.99. The number of rotatable bonds is 3. The van der Waals surface area contributed by atoms with Crippen molar-refractivity contribution in [2.45, 2.75) is 25.6 Å². The molecule has 11 heteroatoms. The lowest BCUT2D eigenvalue weighted by Gasteiger charge is -2.11. The fourth-order valence-corrected chi connectivity index (χ4v) is 3.42. The standard InChI is InChI=1S/C16H15F4N3O3S/c17-10-5-6-22(7-10)14(25)21-15-23(8-13(9-24)27-15)11-1-3-12(4-2-11)26-16(18,19)20/h1-4,8,10,24H,5-7,9H2/b21-15-/t10-/m1/s1. The molecule has 146 valence electrons. The molecule has 0 unspecified atom stereocenters. The minimum absolute atomic E-state index is 0.0238. The molecule has 0 bridgehead atoms. The summed E-state index contributed by atoms with van der Waals surface area (Å²) >= 11 is 1.05. The number of carbonyl (C=O) groups excluding carboxylic acids is 1. The van der Waals surface area contributed by atoms with Gasteiger partial charge in [-0.1, -0.05) is 11.3 Å². The van der Waals surface area contributed by atoms with E-state index in [2.05, 4.69) is 9.73 Å². The van der Waals surface area contributed by atoms with Gasteiger partial charge in [0, 0.05) is 18.4 Å². The zero-order valence-corrected chi connectivity index (χ0v) is 14.6. The first-order chi connectivity index (χ1) is 12.7.